The van der Waals surface area contributed by atoms with Crippen molar-refractivity contribution in [1.29, 1.82) is 0 Å². The van der Waals surface area contributed by atoms with Crippen LogP contribution in [0.25, 0.3) is 5.76 Å². The molecule has 1 amide bonds. The molecule has 0 saturated carbocycles. The third kappa shape index (κ3) is 5.23. The number of amides is 1. The number of rotatable bonds is 9. The van der Waals surface area contributed by atoms with Crippen molar-refractivity contribution in [2.45, 2.75) is 39.8 Å². The minimum atomic E-state index is -0.848. The van der Waals surface area contributed by atoms with Gasteiger partial charge >= 0.3 is 0 Å². The highest BCUT2D eigenvalue weighted by molar-refractivity contribution is 6.51. The fourth-order valence-electron chi connectivity index (χ4n) is 4.78. The number of methoxy groups -OCH3 is 1. The summed E-state index contributed by atoms with van der Waals surface area (Å²) in [5.41, 5.74) is 2.64. The second kappa shape index (κ2) is 11.4. The van der Waals surface area contributed by atoms with Gasteiger partial charge in [-0.2, -0.15) is 0 Å². The predicted octanol–water partition coefficient (Wildman–Crippen LogP) is 5.95. The Bertz CT molecular complexity index is 1340. The second-order valence-electron chi connectivity index (χ2n) is 9.33. The maximum atomic E-state index is 13.5. The summed E-state index contributed by atoms with van der Waals surface area (Å²) < 4.78 is 11.2. The van der Waals surface area contributed by atoms with Crippen molar-refractivity contribution >= 4 is 28.8 Å². The number of carbonyl (C=O) groups is 2. The van der Waals surface area contributed by atoms with Crippen LogP contribution in [0, 0.1) is 0 Å². The lowest BCUT2D eigenvalue weighted by Gasteiger charge is -2.27. The summed E-state index contributed by atoms with van der Waals surface area (Å²) in [6.07, 6.45) is -0.0610. The molecule has 1 unspecified atom stereocenters. The molecule has 3 aromatic rings. The Labute approximate surface area is 223 Å². The molecule has 1 fully saturated rings. The minimum absolute atomic E-state index is 0.0118. The molecule has 1 saturated heterocycles. The number of carbonyl (C=O) groups excluding carboxylic acids is 2. The minimum Gasteiger partial charge on any atom is -0.507 e. The normalized spacial score (nSPS) is 16.7. The van der Waals surface area contributed by atoms with Crippen molar-refractivity contribution in [3.05, 3.63) is 89.5 Å². The molecule has 0 spiro atoms. The first-order valence-electron chi connectivity index (χ1n) is 12.9. The quantitative estimate of drug-likeness (QED) is 0.216. The maximum Gasteiger partial charge on any atom is 0.300 e. The van der Waals surface area contributed by atoms with Gasteiger partial charge in [-0.05, 0) is 81.8 Å². The predicted molar refractivity (Wildman–Crippen MR) is 150 cm³/mol. The van der Waals surface area contributed by atoms with Crippen LogP contribution in [0.15, 0.2) is 78.4 Å². The highest BCUT2D eigenvalue weighted by Gasteiger charge is 2.47. The number of ketones is 1. The molecule has 1 aliphatic rings. The van der Waals surface area contributed by atoms with Gasteiger partial charge in [0.25, 0.3) is 11.7 Å². The zero-order valence-corrected chi connectivity index (χ0v) is 22.5. The van der Waals surface area contributed by atoms with E-state index in [0.29, 0.717) is 28.3 Å². The summed E-state index contributed by atoms with van der Waals surface area (Å²) in [7, 11) is 1.56. The van der Waals surface area contributed by atoms with Crippen molar-refractivity contribution in [1.82, 2.24) is 0 Å². The standard InChI is InChI=1S/C31H34N2O5/c1-6-32(7-2)23-14-16-24(17-15-23)33-28(21-10-8-12-25(18-21)37-5)27(30(35)31(33)36)29(34)22-11-9-13-26(19-22)38-20(3)4/h8-20,28,34H,6-7H2,1-5H3/b29-27-. The first-order valence-corrected chi connectivity index (χ1v) is 12.9. The number of ether oxygens (including phenoxy) is 2. The fourth-order valence-corrected chi connectivity index (χ4v) is 4.78. The van der Waals surface area contributed by atoms with E-state index in [-0.39, 0.29) is 17.4 Å². The van der Waals surface area contributed by atoms with Crippen LogP contribution in [-0.2, 0) is 9.59 Å². The summed E-state index contributed by atoms with van der Waals surface area (Å²) in [5, 5.41) is 11.5. The van der Waals surface area contributed by atoms with Crippen LogP contribution in [-0.4, -0.2) is 43.1 Å². The van der Waals surface area contributed by atoms with E-state index in [1.807, 2.05) is 44.2 Å². The first kappa shape index (κ1) is 26.8. The van der Waals surface area contributed by atoms with Crippen molar-refractivity contribution in [3.8, 4) is 11.5 Å². The van der Waals surface area contributed by atoms with Gasteiger partial charge in [0.2, 0.25) is 0 Å². The molecule has 0 aliphatic carbocycles. The lowest BCUT2D eigenvalue weighted by molar-refractivity contribution is -0.132. The molecule has 1 atom stereocenters. The zero-order chi connectivity index (χ0) is 27.4. The van der Waals surface area contributed by atoms with E-state index in [4.69, 9.17) is 9.47 Å². The molecule has 198 valence electrons. The SMILES string of the molecule is CCN(CC)c1ccc(N2C(=O)C(=O)/C(=C(\O)c3cccc(OC(C)C)c3)C2c2cccc(OC)c2)cc1. The molecule has 0 radical (unpaired) electrons. The summed E-state index contributed by atoms with van der Waals surface area (Å²) in [4.78, 5) is 30.6. The van der Waals surface area contributed by atoms with Crippen LogP contribution in [0.5, 0.6) is 11.5 Å². The molecule has 7 nitrogen and oxygen atoms in total. The third-order valence-electron chi connectivity index (χ3n) is 6.59. The summed E-state index contributed by atoms with van der Waals surface area (Å²) >= 11 is 0. The number of Topliss-reactive ketones (excluding diaryl/α,β-unsaturated/α-hetero) is 1. The number of nitrogens with zero attached hydrogens (tertiary/aromatic N) is 2. The molecule has 0 bridgehead atoms. The molecule has 38 heavy (non-hydrogen) atoms. The van der Waals surface area contributed by atoms with Crippen LogP contribution in [0.2, 0.25) is 0 Å². The molecule has 1 N–H and O–H groups in total. The lowest BCUT2D eigenvalue weighted by atomic mass is 9.95. The number of aliphatic hydroxyl groups is 1. The van der Waals surface area contributed by atoms with Crippen LogP contribution in [0.3, 0.4) is 0 Å². The van der Waals surface area contributed by atoms with Gasteiger partial charge in [-0.15, -0.1) is 0 Å². The van der Waals surface area contributed by atoms with Crippen LogP contribution in [0.4, 0.5) is 11.4 Å². The average Bonchev–Trinajstić information content (AvgIpc) is 3.19. The number of hydrogen-bond acceptors (Lipinski definition) is 6. The van der Waals surface area contributed by atoms with E-state index >= 15 is 0 Å². The number of hydrogen-bond donors (Lipinski definition) is 1. The number of aliphatic hydroxyl groups excluding tert-OH is 1. The molecule has 1 heterocycles. The second-order valence-corrected chi connectivity index (χ2v) is 9.33. The van der Waals surface area contributed by atoms with Gasteiger partial charge in [-0.25, -0.2) is 0 Å². The van der Waals surface area contributed by atoms with Crippen molar-refractivity contribution in [2.24, 2.45) is 0 Å². The monoisotopic (exact) mass is 514 g/mol. The third-order valence-corrected chi connectivity index (χ3v) is 6.59. The zero-order valence-electron chi connectivity index (χ0n) is 22.5. The molecule has 4 rings (SSSR count). The molecule has 3 aromatic carbocycles. The molecular weight excluding hydrogens is 480 g/mol. The van der Waals surface area contributed by atoms with Crippen LogP contribution >= 0.6 is 0 Å². The topological polar surface area (TPSA) is 79.3 Å². The lowest BCUT2D eigenvalue weighted by Crippen LogP contribution is -2.29. The van der Waals surface area contributed by atoms with E-state index in [2.05, 4.69) is 18.7 Å². The Kier molecular flexibility index (Phi) is 8.05. The van der Waals surface area contributed by atoms with Crippen LogP contribution < -0.4 is 19.3 Å². The van der Waals surface area contributed by atoms with Crippen molar-refractivity contribution < 1.29 is 24.2 Å². The van der Waals surface area contributed by atoms with Gasteiger partial charge in [-0.3, -0.25) is 14.5 Å². The Balaban J connectivity index is 1.87. The van der Waals surface area contributed by atoms with E-state index in [1.165, 1.54) is 4.90 Å². The van der Waals surface area contributed by atoms with Crippen molar-refractivity contribution in [3.63, 3.8) is 0 Å². The van der Waals surface area contributed by atoms with Gasteiger partial charge in [0.15, 0.2) is 0 Å². The van der Waals surface area contributed by atoms with E-state index < -0.39 is 17.7 Å². The molecule has 7 heteroatoms. The highest BCUT2D eigenvalue weighted by Crippen LogP contribution is 2.43. The van der Waals surface area contributed by atoms with Crippen molar-refractivity contribution in [2.75, 3.05) is 30.0 Å². The molecular formula is C31H34N2O5. The smallest absolute Gasteiger partial charge is 0.300 e. The molecule has 1 aliphatic heterocycles. The number of anilines is 2. The summed E-state index contributed by atoms with van der Waals surface area (Å²) in [5.74, 6) is -0.573. The Hall–Kier alpha value is -4.26. The van der Waals surface area contributed by atoms with Gasteiger partial charge in [0.05, 0.1) is 24.8 Å². The fraction of sp³-hybridized carbons (Fsp3) is 0.290. The Morgan fingerprint density at radius 2 is 1.61 bits per heavy atom. The van der Waals surface area contributed by atoms with E-state index in [9.17, 15) is 14.7 Å². The van der Waals surface area contributed by atoms with Gasteiger partial charge in [0.1, 0.15) is 17.3 Å². The van der Waals surface area contributed by atoms with E-state index in [1.54, 1.807) is 49.6 Å². The number of benzene rings is 3. The van der Waals surface area contributed by atoms with Gasteiger partial charge in [-0.1, -0.05) is 24.3 Å². The van der Waals surface area contributed by atoms with Gasteiger partial charge < -0.3 is 19.5 Å². The maximum absolute atomic E-state index is 13.5. The van der Waals surface area contributed by atoms with E-state index in [0.717, 1.165) is 18.8 Å². The Morgan fingerprint density at radius 3 is 2.24 bits per heavy atom. The molecule has 0 aromatic heterocycles. The first-order chi connectivity index (χ1) is 18.3. The average molecular weight is 515 g/mol. The Morgan fingerprint density at radius 1 is 0.947 bits per heavy atom. The largest absolute Gasteiger partial charge is 0.507 e. The summed E-state index contributed by atoms with van der Waals surface area (Å²) in [6.45, 7) is 9.69. The summed E-state index contributed by atoms with van der Waals surface area (Å²) in [6, 6.07) is 20.8. The van der Waals surface area contributed by atoms with Crippen LogP contribution in [0.1, 0.15) is 44.9 Å². The van der Waals surface area contributed by atoms with Gasteiger partial charge in [0, 0.05) is 30.0 Å². The highest BCUT2D eigenvalue weighted by atomic mass is 16.5.